The van der Waals surface area contributed by atoms with E-state index in [2.05, 4.69) is 31.3 Å². The molecule has 0 aromatic carbocycles. The fourth-order valence-electron chi connectivity index (χ4n) is 11.9. The summed E-state index contributed by atoms with van der Waals surface area (Å²) in [6.45, 7) is 4.96. The monoisotopic (exact) mass is 1190 g/mol. The maximum absolute atomic E-state index is 13.1. The van der Waals surface area contributed by atoms with Gasteiger partial charge in [0.05, 0.1) is 39.9 Å². The predicted octanol–water partition coefficient (Wildman–Crippen LogP) is 24.1. The number of nitrogens with zero attached hydrogens (tertiary/aromatic N) is 1. The Labute approximate surface area is 520 Å². The molecule has 0 aliphatic carbocycles. The Hall–Kier alpha value is -0.760. The number of aliphatic hydroxyl groups excluding tert-OH is 1. The first-order valence-corrected chi connectivity index (χ1v) is 39.0. The van der Waals surface area contributed by atoms with Crippen LogP contribution in [0.5, 0.6) is 0 Å². The number of hydrogen-bond donors (Lipinski definition) is 3. The maximum Gasteiger partial charge on any atom is 0.472 e. The number of phosphoric acid groups is 1. The van der Waals surface area contributed by atoms with Crippen molar-refractivity contribution in [2.45, 2.75) is 418 Å². The number of allylic oxidation sites excluding steroid dienone is 2. The van der Waals surface area contributed by atoms with E-state index in [0.29, 0.717) is 23.9 Å². The molecule has 1 amide bonds. The Kier molecular flexibility index (Phi) is 65.1. The number of aliphatic hydroxyl groups is 1. The first-order chi connectivity index (χ1) is 40.5. The van der Waals surface area contributed by atoms with Gasteiger partial charge in [-0.25, -0.2) is 4.57 Å². The maximum atomic E-state index is 13.1. The zero-order chi connectivity index (χ0) is 60.5. The molecule has 0 aliphatic rings. The van der Waals surface area contributed by atoms with E-state index in [-0.39, 0.29) is 19.1 Å². The molecule has 0 saturated heterocycles. The first kappa shape index (κ1) is 82.2. The van der Waals surface area contributed by atoms with Gasteiger partial charge < -0.3 is 19.8 Å². The van der Waals surface area contributed by atoms with Crippen LogP contribution in [0.25, 0.3) is 0 Å². The molecular weight excluding hydrogens is 1040 g/mol. The van der Waals surface area contributed by atoms with Gasteiger partial charge in [0.25, 0.3) is 0 Å². The summed E-state index contributed by atoms with van der Waals surface area (Å²) in [6, 6.07) is -0.759. The third kappa shape index (κ3) is 68.6. The number of hydrogen-bond acceptors (Lipinski definition) is 5. The van der Waals surface area contributed by atoms with Crippen LogP contribution in [0.2, 0.25) is 0 Å². The highest BCUT2D eigenvalue weighted by Crippen LogP contribution is 2.43. The van der Waals surface area contributed by atoms with Crippen LogP contribution in [-0.4, -0.2) is 73.4 Å². The number of likely N-dealkylation sites (N-methyl/N-ethyl adjacent to an activating group) is 1. The van der Waals surface area contributed by atoms with Crippen LogP contribution < -0.4 is 5.32 Å². The topological polar surface area (TPSA) is 105 Å². The van der Waals surface area contributed by atoms with Crippen LogP contribution in [0.1, 0.15) is 406 Å². The fraction of sp³-hybridized carbons (Fsp3) is 0.959. The summed E-state index contributed by atoms with van der Waals surface area (Å²) in [5.41, 5.74) is 0. The summed E-state index contributed by atoms with van der Waals surface area (Å²) in [5.74, 6) is -0.134. The van der Waals surface area contributed by atoms with Gasteiger partial charge in [-0.15, -0.1) is 0 Å². The lowest BCUT2D eigenvalue weighted by molar-refractivity contribution is -0.870. The summed E-state index contributed by atoms with van der Waals surface area (Å²) in [7, 11) is 1.64. The van der Waals surface area contributed by atoms with E-state index in [4.69, 9.17) is 9.05 Å². The van der Waals surface area contributed by atoms with Gasteiger partial charge in [0.1, 0.15) is 13.2 Å². The van der Waals surface area contributed by atoms with E-state index < -0.39 is 20.0 Å². The molecule has 0 aliphatic heterocycles. The van der Waals surface area contributed by atoms with Gasteiger partial charge in [-0.05, 0) is 38.5 Å². The molecule has 0 radical (unpaired) electrons. The van der Waals surface area contributed by atoms with Crippen molar-refractivity contribution in [3.63, 3.8) is 0 Å². The molecule has 0 aromatic rings. The lowest BCUT2D eigenvalue weighted by atomic mass is 10.0. The molecule has 83 heavy (non-hydrogen) atoms. The van der Waals surface area contributed by atoms with Gasteiger partial charge in [0.15, 0.2) is 0 Å². The lowest BCUT2D eigenvalue weighted by Gasteiger charge is -2.26. The van der Waals surface area contributed by atoms with Gasteiger partial charge in [-0.2, -0.15) is 0 Å². The van der Waals surface area contributed by atoms with E-state index in [1.54, 1.807) is 0 Å². The second kappa shape index (κ2) is 65.7. The van der Waals surface area contributed by atoms with Crippen molar-refractivity contribution < 1.29 is 32.9 Å². The normalized spacial score (nSPS) is 13.6. The summed E-state index contributed by atoms with van der Waals surface area (Å²) >= 11 is 0. The largest absolute Gasteiger partial charge is 0.472 e. The molecule has 0 saturated carbocycles. The van der Waals surface area contributed by atoms with E-state index in [1.807, 2.05) is 21.1 Å². The molecule has 3 atom stereocenters. The smallest absolute Gasteiger partial charge is 0.391 e. The van der Waals surface area contributed by atoms with Crippen molar-refractivity contribution in [1.29, 1.82) is 0 Å². The molecule has 8 nitrogen and oxygen atoms in total. The number of quaternary nitrogens is 1. The number of carbonyl (C=O) groups excluding carboxylic acids is 1. The third-order valence-electron chi connectivity index (χ3n) is 17.8. The molecule has 0 heterocycles. The Balaban J connectivity index is 3.95. The molecular formula is C74H150N2O6P+. The number of phosphoric ester groups is 1. The molecule has 496 valence electrons. The number of amides is 1. The van der Waals surface area contributed by atoms with Crippen LogP contribution >= 0.6 is 7.82 Å². The summed E-state index contributed by atoms with van der Waals surface area (Å²) in [4.78, 5) is 23.5. The Morgan fingerprint density at radius 1 is 0.398 bits per heavy atom. The van der Waals surface area contributed by atoms with Crippen LogP contribution in [0.4, 0.5) is 0 Å². The van der Waals surface area contributed by atoms with E-state index >= 15 is 0 Å². The number of unbranched alkanes of at least 4 members (excludes halogenated alkanes) is 56. The number of carbonyl (C=O) groups is 1. The van der Waals surface area contributed by atoms with Gasteiger partial charge in [-0.3, -0.25) is 13.8 Å². The zero-order valence-corrected chi connectivity index (χ0v) is 57.9. The molecule has 3 unspecified atom stereocenters. The molecule has 0 rings (SSSR count). The highest BCUT2D eigenvalue weighted by molar-refractivity contribution is 7.47. The summed E-state index contributed by atoms with van der Waals surface area (Å²) in [6.07, 6.45) is 84.8. The minimum Gasteiger partial charge on any atom is -0.391 e. The third-order valence-corrected chi connectivity index (χ3v) is 18.7. The molecule has 0 spiro atoms. The number of rotatable bonds is 71. The Morgan fingerprint density at radius 3 is 0.928 bits per heavy atom. The van der Waals surface area contributed by atoms with Gasteiger partial charge in [0.2, 0.25) is 5.91 Å². The minimum absolute atomic E-state index is 0.0784. The second-order valence-corrected chi connectivity index (χ2v) is 28.8. The second-order valence-electron chi connectivity index (χ2n) is 27.4. The fourth-order valence-corrected chi connectivity index (χ4v) is 12.7. The van der Waals surface area contributed by atoms with Crippen LogP contribution in [0, 0.1) is 0 Å². The summed E-state index contributed by atoms with van der Waals surface area (Å²) in [5, 5.41) is 14.2. The van der Waals surface area contributed by atoms with Crippen molar-refractivity contribution >= 4 is 13.7 Å². The highest BCUT2D eigenvalue weighted by atomic mass is 31.2. The van der Waals surface area contributed by atoms with Crippen molar-refractivity contribution in [2.75, 3.05) is 40.9 Å². The standard InChI is InChI=1S/C74H149N2O6P/c1-6-8-10-12-14-16-18-20-22-24-26-28-30-32-34-36-37-38-40-41-43-45-47-49-51-53-55-57-59-61-63-65-67-73(77)72(71-82-83(79,80)81-70-69-76(3,4)5)75-74(78)68-66-64-62-60-58-56-54-52-50-48-46-44-42-39-35-33-31-29-27-25-23-21-19-17-15-13-11-9-7-2/h25,27,72-73,77H,6-24,26,28-71H2,1-5H3,(H-,75,78,79,80)/p+1/b27-25-. The quantitative estimate of drug-likeness (QED) is 0.0243. The van der Waals surface area contributed by atoms with Crippen molar-refractivity contribution in [3.8, 4) is 0 Å². The highest BCUT2D eigenvalue weighted by Gasteiger charge is 2.28. The summed E-state index contributed by atoms with van der Waals surface area (Å²) < 4.78 is 23.9. The molecule has 0 bridgehead atoms. The van der Waals surface area contributed by atoms with Crippen LogP contribution in [0.15, 0.2) is 12.2 Å². The van der Waals surface area contributed by atoms with E-state index in [9.17, 15) is 19.4 Å². The van der Waals surface area contributed by atoms with Gasteiger partial charge >= 0.3 is 7.82 Å². The number of nitrogens with one attached hydrogen (secondary N) is 1. The minimum atomic E-state index is -4.33. The van der Waals surface area contributed by atoms with Gasteiger partial charge in [-0.1, -0.05) is 373 Å². The van der Waals surface area contributed by atoms with Crippen LogP contribution in [-0.2, 0) is 18.4 Å². The zero-order valence-electron chi connectivity index (χ0n) is 57.0. The average Bonchev–Trinajstić information content (AvgIpc) is 3.50. The van der Waals surface area contributed by atoms with Gasteiger partial charge in [0, 0.05) is 6.42 Å². The van der Waals surface area contributed by atoms with Crippen molar-refractivity contribution in [2.24, 2.45) is 0 Å². The van der Waals surface area contributed by atoms with E-state index in [0.717, 1.165) is 38.5 Å². The first-order valence-electron chi connectivity index (χ1n) is 37.6. The SMILES string of the molecule is CCCCCCCCCC/C=C\CCCCCCCCCCCCCCCCCCCC(=O)NC(COP(=O)(O)OCC[N+](C)(C)C)C(O)CCCCCCCCCCCCCCCCCCCCCCCCCCCCCCCCCC. The van der Waals surface area contributed by atoms with Crippen molar-refractivity contribution in [1.82, 2.24) is 5.32 Å². The predicted molar refractivity (Wildman–Crippen MR) is 365 cm³/mol. The Bertz CT molecular complexity index is 1360. The molecule has 9 heteroatoms. The lowest BCUT2D eigenvalue weighted by Crippen LogP contribution is -2.46. The van der Waals surface area contributed by atoms with E-state index in [1.165, 1.54) is 340 Å². The molecule has 3 N–H and O–H groups in total. The average molecular weight is 1190 g/mol. The molecule has 0 fully saturated rings. The van der Waals surface area contributed by atoms with Crippen LogP contribution in [0.3, 0.4) is 0 Å². The van der Waals surface area contributed by atoms with Crippen molar-refractivity contribution in [3.05, 3.63) is 12.2 Å². The Morgan fingerprint density at radius 2 is 0.651 bits per heavy atom. The molecule has 0 aromatic heterocycles.